The maximum atomic E-state index is 5.99. The fraction of sp³-hybridized carbons (Fsp3) is 0.400. The van der Waals surface area contributed by atoms with E-state index < -0.39 is 0 Å². The summed E-state index contributed by atoms with van der Waals surface area (Å²) in [6, 6.07) is 21.1. The van der Waals surface area contributed by atoms with Crippen LogP contribution in [0.4, 0.5) is 0 Å². The molecule has 1 heterocycles. The molecule has 0 amide bonds. The summed E-state index contributed by atoms with van der Waals surface area (Å²) >= 11 is 0. The van der Waals surface area contributed by atoms with Gasteiger partial charge in [0.15, 0.2) is 0 Å². The zero-order valence-corrected chi connectivity index (χ0v) is 13.5. The molecule has 1 N–H and O–H groups in total. The van der Waals surface area contributed by atoms with Gasteiger partial charge in [0.25, 0.3) is 0 Å². The van der Waals surface area contributed by atoms with Crippen molar-refractivity contribution in [1.82, 2.24) is 5.32 Å². The van der Waals surface area contributed by atoms with Crippen molar-refractivity contribution in [2.24, 2.45) is 0 Å². The smallest absolute Gasteiger partial charge is 0.0721 e. The molecule has 1 aliphatic rings. The van der Waals surface area contributed by atoms with Crippen molar-refractivity contribution in [3.05, 3.63) is 71.8 Å². The highest BCUT2D eigenvalue weighted by atomic mass is 16.5. The van der Waals surface area contributed by atoms with Gasteiger partial charge in [-0.3, -0.25) is 0 Å². The minimum absolute atomic E-state index is 0.306. The van der Waals surface area contributed by atoms with Crippen molar-refractivity contribution in [2.45, 2.75) is 38.2 Å². The summed E-state index contributed by atoms with van der Waals surface area (Å²) in [4.78, 5) is 0. The molecule has 3 heteroatoms. The number of piperidine rings is 1. The molecule has 2 aromatic carbocycles. The number of hydrogen-bond donors (Lipinski definition) is 1. The number of rotatable bonds is 7. The Bertz CT molecular complexity index is 550. The molecule has 3 rings (SSSR count). The predicted molar refractivity (Wildman–Crippen MR) is 92.1 cm³/mol. The fourth-order valence-corrected chi connectivity index (χ4v) is 2.86. The first-order valence-electron chi connectivity index (χ1n) is 8.41. The van der Waals surface area contributed by atoms with Crippen LogP contribution in [0.15, 0.2) is 60.7 Å². The van der Waals surface area contributed by atoms with Gasteiger partial charge in [-0.2, -0.15) is 0 Å². The lowest BCUT2D eigenvalue weighted by Gasteiger charge is -2.29. The van der Waals surface area contributed by atoms with Crippen molar-refractivity contribution in [1.29, 1.82) is 0 Å². The number of nitrogens with one attached hydrogen (secondary N) is 1. The Morgan fingerprint density at radius 1 is 0.826 bits per heavy atom. The molecule has 1 fully saturated rings. The Kier molecular flexibility index (Phi) is 6.21. The lowest BCUT2D eigenvalue weighted by molar-refractivity contribution is 0.00582. The van der Waals surface area contributed by atoms with E-state index in [1.807, 2.05) is 24.3 Å². The van der Waals surface area contributed by atoms with Crippen LogP contribution in [0.3, 0.4) is 0 Å². The zero-order valence-electron chi connectivity index (χ0n) is 13.5. The standard InChI is InChI=1S/C20H25NO2/c1-3-7-17(8-4-1)14-22-16-19-11-12-20(13-21-19)23-15-18-9-5-2-6-10-18/h1-10,19-21H,11-16H2/t19-,20+/m0/s1. The van der Waals surface area contributed by atoms with Crippen LogP contribution in [0.5, 0.6) is 0 Å². The Hall–Kier alpha value is -1.68. The minimum atomic E-state index is 0.306. The van der Waals surface area contributed by atoms with E-state index in [1.165, 1.54) is 11.1 Å². The molecule has 122 valence electrons. The monoisotopic (exact) mass is 311 g/mol. The van der Waals surface area contributed by atoms with Crippen LogP contribution >= 0.6 is 0 Å². The van der Waals surface area contributed by atoms with Gasteiger partial charge < -0.3 is 14.8 Å². The Labute approximate surface area is 138 Å². The van der Waals surface area contributed by atoms with E-state index >= 15 is 0 Å². The molecule has 23 heavy (non-hydrogen) atoms. The third-order valence-electron chi connectivity index (χ3n) is 4.23. The summed E-state index contributed by atoms with van der Waals surface area (Å²) in [7, 11) is 0. The number of hydrogen-bond acceptors (Lipinski definition) is 3. The van der Waals surface area contributed by atoms with Gasteiger partial charge in [0, 0.05) is 12.6 Å². The Morgan fingerprint density at radius 2 is 1.48 bits per heavy atom. The van der Waals surface area contributed by atoms with Crippen molar-refractivity contribution < 1.29 is 9.47 Å². The van der Waals surface area contributed by atoms with Crippen LogP contribution in [0.1, 0.15) is 24.0 Å². The first-order chi connectivity index (χ1) is 11.4. The van der Waals surface area contributed by atoms with Crippen molar-refractivity contribution >= 4 is 0 Å². The van der Waals surface area contributed by atoms with Gasteiger partial charge in [-0.05, 0) is 24.0 Å². The van der Waals surface area contributed by atoms with Crippen LogP contribution < -0.4 is 5.32 Å². The second-order valence-corrected chi connectivity index (χ2v) is 6.10. The van der Waals surface area contributed by atoms with Crippen LogP contribution in [0.25, 0.3) is 0 Å². The highest BCUT2D eigenvalue weighted by Crippen LogP contribution is 2.14. The topological polar surface area (TPSA) is 30.5 Å². The summed E-state index contributed by atoms with van der Waals surface area (Å²) < 4.78 is 11.8. The Morgan fingerprint density at radius 3 is 2.09 bits per heavy atom. The van der Waals surface area contributed by atoms with Gasteiger partial charge in [-0.25, -0.2) is 0 Å². The SMILES string of the molecule is c1ccc(COC[C@@H]2CC[C@@H](OCc3ccccc3)CN2)cc1. The molecular formula is C20H25NO2. The van der Waals surface area contributed by atoms with E-state index in [-0.39, 0.29) is 0 Å². The first kappa shape index (κ1) is 16.2. The Balaban J connectivity index is 1.31. The first-order valence-corrected chi connectivity index (χ1v) is 8.41. The maximum absolute atomic E-state index is 5.99. The number of benzene rings is 2. The van der Waals surface area contributed by atoms with Crippen molar-refractivity contribution in [3.8, 4) is 0 Å². The van der Waals surface area contributed by atoms with Gasteiger partial charge in [0.05, 0.1) is 25.9 Å². The van der Waals surface area contributed by atoms with E-state index in [4.69, 9.17) is 9.47 Å². The average molecular weight is 311 g/mol. The van der Waals surface area contributed by atoms with E-state index in [0.717, 1.165) is 26.0 Å². The molecule has 0 bridgehead atoms. The fourth-order valence-electron chi connectivity index (χ4n) is 2.86. The third-order valence-corrected chi connectivity index (χ3v) is 4.23. The molecule has 0 unspecified atom stereocenters. The normalized spacial score (nSPS) is 21.2. The van der Waals surface area contributed by atoms with Crippen LogP contribution in [-0.4, -0.2) is 25.3 Å². The van der Waals surface area contributed by atoms with Crippen LogP contribution in [0.2, 0.25) is 0 Å². The molecule has 2 atom stereocenters. The third kappa shape index (κ3) is 5.47. The zero-order chi connectivity index (χ0) is 15.7. The molecule has 2 aromatic rings. The summed E-state index contributed by atoms with van der Waals surface area (Å²) in [5, 5.41) is 3.54. The lowest BCUT2D eigenvalue weighted by Crippen LogP contribution is -2.44. The largest absolute Gasteiger partial charge is 0.375 e. The molecule has 1 saturated heterocycles. The minimum Gasteiger partial charge on any atom is -0.375 e. The highest BCUT2D eigenvalue weighted by Gasteiger charge is 2.21. The quantitative estimate of drug-likeness (QED) is 0.848. The molecule has 0 aromatic heterocycles. The van der Waals surface area contributed by atoms with E-state index in [9.17, 15) is 0 Å². The molecule has 0 spiro atoms. The maximum Gasteiger partial charge on any atom is 0.0721 e. The second kappa shape index (κ2) is 8.82. The summed E-state index contributed by atoms with van der Waals surface area (Å²) in [5.74, 6) is 0. The van der Waals surface area contributed by atoms with E-state index in [1.54, 1.807) is 0 Å². The molecule has 0 aliphatic carbocycles. The molecular weight excluding hydrogens is 286 g/mol. The van der Waals surface area contributed by atoms with Crippen molar-refractivity contribution in [3.63, 3.8) is 0 Å². The molecule has 0 saturated carbocycles. The summed E-state index contributed by atoms with van der Waals surface area (Å²) in [5.41, 5.74) is 2.47. The van der Waals surface area contributed by atoms with Crippen LogP contribution in [-0.2, 0) is 22.7 Å². The summed E-state index contributed by atoms with van der Waals surface area (Å²) in [6.45, 7) is 3.06. The number of ether oxygens (including phenoxy) is 2. The van der Waals surface area contributed by atoms with E-state index in [2.05, 4.69) is 41.7 Å². The van der Waals surface area contributed by atoms with Crippen LogP contribution in [0, 0.1) is 0 Å². The molecule has 3 nitrogen and oxygen atoms in total. The van der Waals surface area contributed by atoms with Gasteiger partial charge in [0.2, 0.25) is 0 Å². The van der Waals surface area contributed by atoms with Gasteiger partial charge in [-0.15, -0.1) is 0 Å². The van der Waals surface area contributed by atoms with Gasteiger partial charge in [0.1, 0.15) is 0 Å². The summed E-state index contributed by atoms with van der Waals surface area (Å²) in [6.07, 6.45) is 2.51. The highest BCUT2D eigenvalue weighted by molar-refractivity contribution is 5.14. The second-order valence-electron chi connectivity index (χ2n) is 6.10. The van der Waals surface area contributed by atoms with Crippen molar-refractivity contribution in [2.75, 3.05) is 13.2 Å². The average Bonchev–Trinajstić information content (AvgIpc) is 2.63. The van der Waals surface area contributed by atoms with Gasteiger partial charge in [-0.1, -0.05) is 60.7 Å². The lowest BCUT2D eigenvalue weighted by atomic mass is 10.0. The predicted octanol–water partition coefficient (Wildman–Crippen LogP) is 3.54. The van der Waals surface area contributed by atoms with Gasteiger partial charge >= 0.3 is 0 Å². The molecule has 1 aliphatic heterocycles. The van der Waals surface area contributed by atoms with E-state index in [0.29, 0.717) is 25.4 Å². The molecule has 0 radical (unpaired) electrons.